The molecule has 1 rings (SSSR count). The third-order valence-electron chi connectivity index (χ3n) is 2.33. The molecule has 0 saturated heterocycles. The first-order valence-electron chi connectivity index (χ1n) is 6.19. The van der Waals surface area contributed by atoms with Crippen LogP contribution in [0.4, 0.5) is 5.82 Å². The minimum atomic E-state index is -0.571. The van der Waals surface area contributed by atoms with E-state index in [1.165, 1.54) is 0 Å². The lowest BCUT2D eigenvalue weighted by Gasteiger charge is -2.05. The number of amides is 1. The Morgan fingerprint density at radius 2 is 2.11 bits per heavy atom. The number of anilines is 1. The molecule has 0 unspecified atom stereocenters. The Hall–Kier alpha value is -1.69. The highest BCUT2D eigenvalue weighted by atomic mass is 16.5. The zero-order valence-electron chi connectivity index (χ0n) is 10.7. The predicted molar refractivity (Wildman–Crippen MR) is 69.4 cm³/mol. The number of hydrogen-bond acceptors (Lipinski definition) is 5. The Bertz CT molecular complexity index is 354. The van der Waals surface area contributed by atoms with Gasteiger partial charge in [-0.25, -0.2) is 0 Å². The highest BCUT2D eigenvalue weighted by molar-refractivity contribution is 5.90. The Morgan fingerprint density at radius 1 is 1.33 bits per heavy atom. The number of nitrogens with one attached hydrogen (secondary N) is 1. The number of primary amides is 1. The summed E-state index contributed by atoms with van der Waals surface area (Å²) in [7, 11) is 0. The van der Waals surface area contributed by atoms with Crippen LogP contribution >= 0.6 is 0 Å². The van der Waals surface area contributed by atoms with Crippen LogP contribution in [-0.4, -0.2) is 35.9 Å². The standard InChI is InChI=1S/C12H20N4O2/c1-2-3-8-18-9-4-7-14-11-6-5-10(12(13)17)15-16-11/h5-6H,2-4,7-9H2,1H3,(H2,13,17)(H,14,16). The molecule has 0 radical (unpaired) electrons. The molecule has 6 heteroatoms. The first kappa shape index (κ1) is 14.4. The summed E-state index contributed by atoms with van der Waals surface area (Å²) in [6.07, 6.45) is 3.16. The molecule has 3 N–H and O–H groups in total. The summed E-state index contributed by atoms with van der Waals surface area (Å²) in [5.41, 5.74) is 5.23. The maximum Gasteiger partial charge on any atom is 0.269 e. The number of nitrogens with two attached hydrogens (primary N) is 1. The van der Waals surface area contributed by atoms with E-state index in [0.29, 0.717) is 5.82 Å². The molecular formula is C12H20N4O2. The van der Waals surface area contributed by atoms with Gasteiger partial charge in [0.25, 0.3) is 5.91 Å². The molecule has 0 aliphatic heterocycles. The van der Waals surface area contributed by atoms with E-state index < -0.39 is 5.91 Å². The molecule has 0 aliphatic rings. The van der Waals surface area contributed by atoms with Gasteiger partial charge in [-0.1, -0.05) is 13.3 Å². The van der Waals surface area contributed by atoms with Crippen LogP contribution in [0, 0.1) is 0 Å². The number of nitrogens with zero attached hydrogens (tertiary/aromatic N) is 2. The largest absolute Gasteiger partial charge is 0.381 e. The predicted octanol–water partition coefficient (Wildman–Crippen LogP) is 1.19. The Labute approximate surface area is 107 Å². The number of ether oxygens (including phenoxy) is 1. The van der Waals surface area contributed by atoms with Crippen LogP contribution in [0.3, 0.4) is 0 Å². The molecule has 1 aromatic heterocycles. The molecule has 0 atom stereocenters. The molecular weight excluding hydrogens is 232 g/mol. The van der Waals surface area contributed by atoms with E-state index in [0.717, 1.165) is 39.0 Å². The van der Waals surface area contributed by atoms with Gasteiger partial charge in [0.05, 0.1) is 0 Å². The molecule has 6 nitrogen and oxygen atoms in total. The van der Waals surface area contributed by atoms with Crippen LogP contribution < -0.4 is 11.1 Å². The molecule has 0 bridgehead atoms. The average molecular weight is 252 g/mol. The minimum Gasteiger partial charge on any atom is -0.381 e. The third-order valence-corrected chi connectivity index (χ3v) is 2.33. The second-order valence-corrected chi connectivity index (χ2v) is 3.91. The normalized spacial score (nSPS) is 10.3. The maximum atomic E-state index is 10.8. The summed E-state index contributed by atoms with van der Waals surface area (Å²) >= 11 is 0. The van der Waals surface area contributed by atoms with Gasteiger partial charge in [0, 0.05) is 19.8 Å². The number of unbranched alkanes of at least 4 members (excludes halogenated alkanes) is 1. The van der Waals surface area contributed by atoms with Gasteiger partial charge in [0.15, 0.2) is 5.69 Å². The molecule has 0 fully saturated rings. The summed E-state index contributed by atoms with van der Waals surface area (Å²) in [4.78, 5) is 10.8. The smallest absolute Gasteiger partial charge is 0.269 e. The van der Waals surface area contributed by atoms with E-state index in [1.54, 1.807) is 12.1 Å². The van der Waals surface area contributed by atoms with Crippen LogP contribution in [-0.2, 0) is 4.74 Å². The van der Waals surface area contributed by atoms with E-state index in [1.807, 2.05) is 0 Å². The Kier molecular flexibility index (Phi) is 6.71. The van der Waals surface area contributed by atoms with E-state index in [4.69, 9.17) is 10.5 Å². The highest BCUT2D eigenvalue weighted by Crippen LogP contribution is 2.01. The minimum absolute atomic E-state index is 0.170. The molecule has 100 valence electrons. The van der Waals surface area contributed by atoms with Crippen molar-refractivity contribution in [2.75, 3.05) is 25.1 Å². The topological polar surface area (TPSA) is 90.1 Å². The fourth-order valence-electron chi connectivity index (χ4n) is 1.30. The fraction of sp³-hybridized carbons (Fsp3) is 0.583. The van der Waals surface area contributed by atoms with Crippen molar-refractivity contribution in [1.82, 2.24) is 10.2 Å². The molecule has 0 aliphatic carbocycles. The number of aromatic nitrogens is 2. The Balaban J connectivity index is 2.14. The monoisotopic (exact) mass is 252 g/mol. The Morgan fingerprint density at radius 3 is 2.72 bits per heavy atom. The second-order valence-electron chi connectivity index (χ2n) is 3.91. The van der Waals surface area contributed by atoms with Gasteiger partial charge in [-0.3, -0.25) is 4.79 Å². The molecule has 1 heterocycles. The molecule has 0 saturated carbocycles. The summed E-state index contributed by atoms with van der Waals surface area (Å²) in [5, 5.41) is 10.6. The molecule has 1 amide bonds. The third kappa shape index (κ3) is 5.58. The van der Waals surface area contributed by atoms with Gasteiger partial charge in [-0.15, -0.1) is 10.2 Å². The zero-order valence-corrected chi connectivity index (χ0v) is 10.7. The summed E-state index contributed by atoms with van der Waals surface area (Å²) in [6, 6.07) is 3.24. The van der Waals surface area contributed by atoms with Crippen molar-refractivity contribution in [3.63, 3.8) is 0 Å². The SMILES string of the molecule is CCCCOCCCNc1ccc(C(N)=O)nn1. The van der Waals surface area contributed by atoms with Crippen molar-refractivity contribution >= 4 is 11.7 Å². The van der Waals surface area contributed by atoms with E-state index in [-0.39, 0.29) is 5.69 Å². The van der Waals surface area contributed by atoms with Gasteiger partial charge >= 0.3 is 0 Å². The van der Waals surface area contributed by atoms with Crippen molar-refractivity contribution in [3.8, 4) is 0 Å². The second kappa shape index (κ2) is 8.41. The van der Waals surface area contributed by atoms with E-state index >= 15 is 0 Å². The van der Waals surface area contributed by atoms with Crippen molar-refractivity contribution in [2.45, 2.75) is 26.2 Å². The molecule has 0 spiro atoms. The lowest BCUT2D eigenvalue weighted by Crippen LogP contribution is -2.14. The lowest BCUT2D eigenvalue weighted by atomic mass is 10.3. The summed E-state index contributed by atoms with van der Waals surface area (Å²) in [6.45, 7) is 4.46. The van der Waals surface area contributed by atoms with Gasteiger partial charge in [-0.2, -0.15) is 0 Å². The van der Waals surface area contributed by atoms with Crippen molar-refractivity contribution in [1.29, 1.82) is 0 Å². The molecule has 0 aromatic carbocycles. The summed E-state index contributed by atoms with van der Waals surface area (Å²) < 4.78 is 5.43. The highest BCUT2D eigenvalue weighted by Gasteiger charge is 2.02. The van der Waals surface area contributed by atoms with E-state index in [2.05, 4.69) is 22.4 Å². The number of carbonyl (C=O) groups excluding carboxylic acids is 1. The number of rotatable bonds is 9. The lowest BCUT2D eigenvalue weighted by molar-refractivity contribution is 0.0994. The first-order chi connectivity index (χ1) is 8.74. The quantitative estimate of drug-likeness (QED) is 0.644. The summed E-state index contributed by atoms with van der Waals surface area (Å²) in [5.74, 6) is 0.0620. The molecule has 18 heavy (non-hydrogen) atoms. The number of hydrogen-bond donors (Lipinski definition) is 2. The van der Waals surface area contributed by atoms with Crippen LogP contribution in [0.15, 0.2) is 12.1 Å². The average Bonchev–Trinajstić information content (AvgIpc) is 2.38. The fourth-order valence-corrected chi connectivity index (χ4v) is 1.30. The van der Waals surface area contributed by atoms with Crippen molar-refractivity contribution < 1.29 is 9.53 Å². The van der Waals surface area contributed by atoms with Gasteiger partial charge in [-0.05, 0) is 25.0 Å². The van der Waals surface area contributed by atoms with E-state index in [9.17, 15) is 4.79 Å². The van der Waals surface area contributed by atoms with Gasteiger partial charge in [0.1, 0.15) is 5.82 Å². The maximum absolute atomic E-state index is 10.8. The van der Waals surface area contributed by atoms with Crippen molar-refractivity contribution in [3.05, 3.63) is 17.8 Å². The van der Waals surface area contributed by atoms with Crippen LogP contribution in [0.1, 0.15) is 36.7 Å². The first-order valence-corrected chi connectivity index (χ1v) is 6.19. The molecule has 1 aromatic rings. The zero-order chi connectivity index (χ0) is 13.2. The van der Waals surface area contributed by atoms with Crippen LogP contribution in [0.25, 0.3) is 0 Å². The van der Waals surface area contributed by atoms with Gasteiger partial charge < -0.3 is 15.8 Å². The van der Waals surface area contributed by atoms with Crippen molar-refractivity contribution in [2.24, 2.45) is 5.73 Å². The van der Waals surface area contributed by atoms with Gasteiger partial charge in [0.2, 0.25) is 0 Å². The van der Waals surface area contributed by atoms with Crippen LogP contribution in [0.5, 0.6) is 0 Å². The number of carbonyl (C=O) groups is 1. The van der Waals surface area contributed by atoms with Crippen LogP contribution in [0.2, 0.25) is 0 Å².